The number of hydrogen-bond acceptors (Lipinski definition) is 4. The summed E-state index contributed by atoms with van der Waals surface area (Å²) >= 11 is 0. The number of ether oxygens (including phenoxy) is 1. The van der Waals surface area contributed by atoms with Gasteiger partial charge in [-0.1, -0.05) is 6.42 Å². The van der Waals surface area contributed by atoms with Crippen molar-refractivity contribution in [2.75, 3.05) is 6.61 Å². The highest BCUT2D eigenvalue weighted by atomic mass is 19.4. The number of amides is 1. The summed E-state index contributed by atoms with van der Waals surface area (Å²) in [5.41, 5.74) is -0.509. The Morgan fingerprint density at radius 1 is 1.36 bits per heavy atom. The predicted molar refractivity (Wildman–Crippen MR) is 81.9 cm³/mol. The summed E-state index contributed by atoms with van der Waals surface area (Å²) in [5.74, 6) is 0. The molecular formula is C16H17F3N4O2. The maximum absolute atomic E-state index is 13.0. The first kappa shape index (κ1) is 17.2. The SMILES string of the molecule is O=C(NCc1ccc(-n2ccnc2)cn1)OCC1(C(F)(F)F)CCC1. The minimum Gasteiger partial charge on any atom is -0.449 e. The number of nitrogens with zero attached hydrogens (tertiary/aromatic N) is 3. The Bertz CT molecular complexity index is 710. The van der Waals surface area contributed by atoms with Gasteiger partial charge in [0.1, 0.15) is 12.0 Å². The van der Waals surface area contributed by atoms with Gasteiger partial charge in [-0.2, -0.15) is 13.2 Å². The molecule has 2 heterocycles. The van der Waals surface area contributed by atoms with Crippen LogP contribution in [0.3, 0.4) is 0 Å². The standard InChI is InChI=1S/C16H17F3N4O2/c17-16(18,19)15(4-1-5-15)10-25-14(24)22-8-12-2-3-13(9-21-12)23-7-6-20-11-23/h2-3,6-7,9,11H,1,4-5,8,10H2,(H,22,24). The summed E-state index contributed by atoms with van der Waals surface area (Å²) in [4.78, 5) is 19.8. The minimum absolute atomic E-state index is 0.00104. The first-order valence-electron chi connectivity index (χ1n) is 7.80. The topological polar surface area (TPSA) is 69.0 Å². The molecule has 0 saturated heterocycles. The van der Waals surface area contributed by atoms with Crippen molar-refractivity contribution in [2.45, 2.75) is 32.0 Å². The molecule has 3 rings (SSSR count). The van der Waals surface area contributed by atoms with Crippen molar-refractivity contribution in [1.82, 2.24) is 19.9 Å². The van der Waals surface area contributed by atoms with Gasteiger partial charge in [-0.3, -0.25) is 4.98 Å². The van der Waals surface area contributed by atoms with Gasteiger partial charge in [0.05, 0.1) is 30.5 Å². The van der Waals surface area contributed by atoms with E-state index in [9.17, 15) is 18.0 Å². The average molecular weight is 354 g/mol. The van der Waals surface area contributed by atoms with E-state index < -0.39 is 24.3 Å². The van der Waals surface area contributed by atoms with Crippen LogP contribution in [0.1, 0.15) is 25.0 Å². The molecule has 0 spiro atoms. The van der Waals surface area contributed by atoms with Crippen LogP contribution >= 0.6 is 0 Å². The summed E-state index contributed by atoms with van der Waals surface area (Å²) in [6.45, 7) is -0.572. The first-order chi connectivity index (χ1) is 11.9. The summed E-state index contributed by atoms with van der Waals surface area (Å²) in [6, 6.07) is 3.50. The normalized spacial score (nSPS) is 16.1. The maximum atomic E-state index is 13.0. The Hall–Kier alpha value is -2.58. The Labute approximate surface area is 142 Å². The third-order valence-corrected chi connectivity index (χ3v) is 4.42. The van der Waals surface area contributed by atoms with Crippen LogP contribution in [0.5, 0.6) is 0 Å². The maximum Gasteiger partial charge on any atom is 0.407 e. The fourth-order valence-corrected chi connectivity index (χ4v) is 2.62. The second-order valence-electron chi connectivity index (χ2n) is 6.04. The largest absolute Gasteiger partial charge is 0.449 e. The number of imidazole rings is 1. The van der Waals surface area contributed by atoms with Crippen LogP contribution in [-0.4, -0.2) is 33.4 Å². The summed E-state index contributed by atoms with van der Waals surface area (Å²) < 4.78 is 45.5. The molecule has 0 unspecified atom stereocenters. The molecule has 2 aromatic heterocycles. The molecule has 1 aliphatic carbocycles. The van der Waals surface area contributed by atoms with Gasteiger partial charge in [0.15, 0.2) is 0 Å². The summed E-state index contributed by atoms with van der Waals surface area (Å²) in [7, 11) is 0. The Morgan fingerprint density at radius 2 is 2.16 bits per heavy atom. The third-order valence-electron chi connectivity index (χ3n) is 4.42. The number of nitrogens with one attached hydrogen (secondary N) is 1. The minimum atomic E-state index is -4.35. The highest BCUT2D eigenvalue weighted by molar-refractivity contribution is 5.67. The van der Waals surface area contributed by atoms with Crippen molar-refractivity contribution in [3.63, 3.8) is 0 Å². The molecular weight excluding hydrogens is 337 g/mol. The number of pyridine rings is 1. The second kappa shape index (κ2) is 6.73. The van der Waals surface area contributed by atoms with Crippen molar-refractivity contribution in [2.24, 2.45) is 5.41 Å². The van der Waals surface area contributed by atoms with Gasteiger partial charge in [0.2, 0.25) is 0 Å². The average Bonchev–Trinajstić information content (AvgIpc) is 3.05. The first-order valence-corrected chi connectivity index (χ1v) is 7.80. The molecule has 1 amide bonds. The van der Waals surface area contributed by atoms with E-state index in [1.54, 1.807) is 41.6 Å². The van der Waals surface area contributed by atoms with Crippen molar-refractivity contribution >= 4 is 6.09 Å². The molecule has 1 N–H and O–H groups in total. The molecule has 1 fully saturated rings. The molecule has 1 aliphatic rings. The van der Waals surface area contributed by atoms with Gasteiger partial charge in [0.25, 0.3) is 0 Å². The highest BCUT2D eigenvalue weighted by Gasteiger charge is 2.59. The molecule has 0 radical (unpaired) electrons. The number of aromatic nitrogens is 3. The van der Waals surface area contributed by atoms with Crippen molar-refractivity contribution in [3.05, 3.63) is 42.7 Å². The van der Waals surface area contributed by atoms with Crippen molar-refractivity contribution in [1.29, 1.82) is 0 Å². The monoisotopic (exact) mass is 354 g/mol. The van der Waals surface area contributed by atoms with Gasteiger partial charge in [-0.15, -0.1) is 0 Å². The van der Waals surface area contributed by atoms with E-state index in [1.165, 1.54) is 0 Å². The molecule has 0 aromatic carbocycles. The van der Waals surface area contributed by atoms with Gasteiger partial charge < -0.3 is 14.6 Å². The lowest BCUT2D eigenvalue weighted by molar-refractivity contribution is -0.261. The highest BCUT2D eigenvalue weighted by Crippen LogP contribution is 2.53. The van der Waals surface area contributed by atoms with E-state index in [0.717, 1.165) is 5.69 Å². The summed E-state index contributed by atoms with van der Waals surface area (Å²) in [6.07, 6.45) is 1.91. The molecule has 134 valence electrons. The number of halogens is 3. The van der Waals surface area contributed by atoms with Crippen LogP contribution < -0.4 is 5.32 Å². The van der Waals surface area contributed by atoms with E-state index >= 15 is 0 Å². The zero-order chi connectivity index (χ0) is 17.9. The van der Waals surface area contributed by atoms with Crippen molar-refractivity contribution in [3.8, 4) is 5.69 Å². The van der Waals surface area contributed by atoms with Crippen LogP contribution in [0.2, 0.25) is 0 Å². The Balaban J connectivity index is 1.48. The van der Waals surface area contributed by atoms with Crippen LogP contribution in [0.15, 0.2) is 37.1 Å². The van der Waals surface area contributed by atoms with Gasteiger partial charge in [-0.25, -0.2) is 9.78 Å². The number of alkyl halides is 3. The predicted octanol–water partition coefficient (Wildman–Crippen LogP) is 3.23. The number of rotatable bonds is 5. The van der Waals surface area contributed by atoms with E-state index in [2.05, 4.69) is 15.3 Å². The number of hydrogen-bond donors (Lipinski definition) is 1. The lowest BCUT2D eigenvalue weighted by Crippen LogP contribution is -2.48. The van der Waals surface area contributed by atoms with Gasteiger partial charge >= 0.3 is 12.3 Å². The third kappa shape index (κ3) is 3.75. The van der Waals surface area contributed by atoms with Crippen LogP contribution in [0, 0.1) is 5.41 Å². The van der Waals surface area contributed by atoms with Crippen LogP contribution in [0.25, 0.3) is 5.69 Å². The molecule has 0 aliphatic heterocycles. The Morgan fingerprint density at radius 3 is 2.68 bits per heavy atom. The lowest BCUT2D eigenvalue weighted by atomic mass is 9.69. The molecule has 1 saturated carbocycles. The van der Waals surface area contributed by atoms with Crippen LogP contribution in [0.4, 0.5) is 18.0 Å². The van der Waals surface area contributed by atoms with E-state index in [4.69, 9.17) is 4.74 Å². The van der Waals surface area contributed by atoms with Gasteiger partial charge in [-0.05, 0) is 25.0 Å². The lowest BCUT2D eigenvalue weighted by Gasteiger charge is -2.42. The number of carbonyl (C=O) groups is 1. The molecule has 0 bridgehead atoms. The van der Waals surface area contributed by atoms with Crippen molar-refractivity contribution < 1.29 is 22.7 Å². The van der Waals surface area contributed by atoms with Crippen LogP contribution in [-0.2, 0) is 11.3 Å². The summed E-state index contributed by atoms with van der Waals surface area (Å²) in [5, 5.41) is 2.42. The zero-order valence-electron chi connectivity index (χ0n) is 13.3. The number of alkyl carbamates (subject to hydrolysis) is 1. The smallest absolute Gasteiger partial charge is 0.407 e. The quantitative estimate of drug-likeness (QED) is 0.895. The second-order valence-corrected chi connectivity index (χ2v) is 6.04. The molecule has 2 aromatic rings. The molecule has 9 heteroatoms. The molecule has 25 heavy (non-hydrogen) atoms. The molecule has 6 nitrogen and oxygen atoms in total. The molecule has 0 atom stereocenters. The van der Waals surface area contributed by atoms with E-state index in [-0.39, 0.29) is 19.4 Å². The van der Waals surface area contributed by atoms with E-state index in [0.29, 0.717) is 12.1 Å². The van der Waals surface area contributed by atoms with Gasteiger partial charge in [0, 0.05) is 12.4 Å². The van der Waals surface area contributed by atoms with E-state index in [1.807, 2.05) is 0 Å². The zero-order valence-corrected chi connectivity index (χ0v) is 13.3. The number of carbonyl (C=O) groups excluding carboxylic acids is 1. The fraction of sp³-hybridized carbons (Fsp3) is 0.438. The fourth-order valence-electron chi connectivity index (χ4n) is 2.62. The Kier molecular flexibility index (Phi) is 4.65.